The summed E-state index contributed by atoms with van der Waals surface area (Å²) in [7, 11) is 1.60. The van der Waals surface area contributed by atoms with E-state index in [-0.39, 0.29) is 6.54 Å². The van der Waals surface area contributed by atoms with Crippen molar-refractivity contribution in [3.8, 4) is 5.75 Å². The van der Waals surface area contributed by atoms with Crippen LogP contribution in [0.5, 0.6) is 5.75 Å². The Morgan fingerprint density at radius 1 is 1.33 bits per heavy atom. The standard InChI is InChI=1S/C10H13NO3.C2H4O2/c1-14-9-4-2-3-8(5-9)6-11-7-10(12)13;1-2(3)4/h2-5,11H,6-7H2,1H3,(H,12,13);1H3,(H,3,4). The molecule has 0 aliphatic carbocycles. The van der Waals surface area contributed by atoms with Gasteiger partial charge >= 0.3 is 5.97 Å². The van der Waals surface area contributed by atoms with E-state index in [1.165, 1.54) is 0 Å². The minimum atomic E-state index is -0.854. The average molecular weight is 255 g/mol. The second-order valence-corrected chi connectivity index (χ2v) is 3.37. The molecule has 0 heterocycles. The highest BCUT2D eigenvalue weighted by Crippen LogP contribution is 2.11. The largest absolute Gasteiger partial charge is 0.497 e. The molecule has 0 spiro atoms. The summed E-state index contributed by atoms with van der Waals surface area (Å²) < 4.78 is 5.04. The van der Waals surface area contributed by atoms with Gasteiger partial charge in [0, 0.05) is 13.5 Å². The fourth-order valence-corrected chi connectivity index (χ4v) is 1.10. The van der Waals surface area contributed by atoms with E-state index < -0.39 is 11.9 Å². The molecule has 0 saturated carbocycles. The number of rotatable bonds is 5. The Morgan fingerprint density at radius 3 is 2.44 bits per heavy atom. The van der Waals surface area contributed by atoms with Crippen LogP contribution < -0.4 is 10.1 Å². The Hall–Kier alpha value is -2.08. The van der Waals surface area contributed by atoms with E-state index in [0.29, 0.717) is 6.54 Å². The summed E-state index contributed by atoms with van der Waals surface area (Å²) in [6.07, 6.45) is 0. The summed E-state index contributed by atoms with van der Waals surface area (Å²) in [6.45, 7) is 1.58. The lowest BCUT2D eigenvalue weighted by Gasteiger charge is -2.04. The number of benzene rings is 1. The molecule has 6 nitrogen and oxygen atoms in total. The quantitative estimate of drug-likeness (QED) is 0.725. The fraction of sp³-hybridized carbons (Fsp3) is 0.333. The van der Waals surface area contributed by atoms with E-state index in [9.17, 15) is 4.79 Å². The molecule has 6 heteroatoms. The van der Waals surface area contributed by atoms with Crippen LogP contribution in [-0.4, -0.2) is 35.8 Å². The van der Waals surface area contributed by atoms with Crippen molar-refractivity contribution >= 4 is 11.9 Å². The molecule has 1 rings (SSSR count). The zero-order chi connectivity index (χ0) is 14.0. The molecule has 3 N–H and O–H groups in total. The first kappa shape index (κ1) is 15.9. The third-order valence-electron chi connectivity index (χ3n) is 1.74. The van der Waals surface area contributed by atoms with E-state index in [2.05, 4.69) is 5.32 Å². The van der Waals surface area contributed by atoms with E-state index >= 15 is 0 Å². The lowest BCUT2D eigenvalue weighted by Crippen LogP contribution is -2.21. The lowest BCUT2D eigenvalue weighted by atomic mass is 10.2. The van der Waals surface area contributed by atoms with Gasteiger partial charge in [0.15, 0.2) is 0 Å². The summed E-state index contributed by atoms with van der Waals surface area (Å²) in [5, 5.41) is 18.6. The van der Waals surface area contributed by atoms with Gasteiger partial charge in [-0.05, 0) is 17.7 Å². The van der Waals surface area contributed by atoms with E-state index in [4.69, 9.17) is 19.7 Å². The number of ether oxygens (including phenoxy) is 1. The number of hydrogen-bond donors (Lipinski definition) is 3. The zero-order valence-corrected chi connectivity index (χ0v) is 10.3. The Morgan fingerprint density at radius 2 is 1.94 bits per heavy atom. The van der Waals surface area contributed by atoms with Crippen LogP contribution in [-0.2, 0) is 16.1 Å². The molecule has 0 aromatic heterocycles. The molecule has 0 atom stereocenters. The third kappa shape index (κ3) is 9.17. The number of carbonyl (C=O) groups is 2. The van der Waals surface area contributed by atoms with Gasteiger partial charge in [0.25, 0.3) is 5.97 Å². The van der Waals surface area contributed by atoms with Crippen LogP contribution in [0.3, 0.4) is 0 Å². The highest BCUT2D eigenvalue weighted by Gasteiger charge is 1.97. The third-order valence-corrected chi connectivity index (χ3v) is 1.74. The Balaban J connectivity index is 0.000000631. The molecule has 0 aliphatic rings. The smallest absolute Gasteiger partial charge is 0.317 e. The van der Waals surface area contributed by atoms with Crippen molar-refractivity contribution in [2.75, 3.05) is 13.7 Å². The number of nitrogens with one attached hydrogen (secondary N) is 1. The highest BCUT2D eigenvalue weighted by atomic mass is 16.5. The van der Waals surface area contributed by atoms with E-state index in [1.807, 2.05) is 24.3 Å². The predicted molar refractivity (Wildman–Crippen MR) is 65.6 cm³/mol. The van der Waals surface area contributed by atoms with Crippen molar-refractivity contribution in [3.05, 3.63) is 29.8 Å². The maximum atomic E-state index is 10.2. The lowest BCUT2D eigenvalue weighted by molar-refractivity contribution is -0.136. The van der Waals surface area contributed by atoms with Gasteiger partial charge in [0.05, 0.1) is 13.7 Å². The van der Waals surface area contributed by atoms with Crippen molar-refractivity contribution in [1.29, 1.82) is 0 Å². The molecular weight excluding hydrogens is 238 g/mol. The number of methoxy groups -OCH3 is 1. The van der Waals surface area contributed by atoms with Crippen LogP contribution >= 0.6 is 0 Å². The van der Waals surface area contributed by atoms with Gasteiger partial charge < -0.3 is 20.3 Å². The van der Waals surface area contributed by atoms with Crippen LogP contribution in [0.4, 0.5) is 0 Å². The topological polar surface area (TPSA) is 95.9 Å². The molecule has 0 aliphatic heterocycles. The first-order chi connectivity index (χ1) is 8.45. The summed E-state index contributed by atoms with van der Waals surface area (Å²) in [5.74, 6) is -0.910. The molecule has 0 saturated heterocycles. The first-order valence-corrected chi connectivity index (χ1v) is 5.20. The molecule has 0 unspecified atom stereocenters. The average Bonchev–Trinajstić information content (AvgIpc) is 2.28. The number of carboxylic acid groups (broad SMARTS) is 2. The second kappa shape index (κ2) is 9.00. The monoisotopic (exact) mass is 255 g/mol. The number of aliphatic carboxylic acids is 2. The number of hydrogen-bond acceptors (Lipinski definition) is 4. The van der Waals surface area contributed by atoms with Crippen molar-refractivity contribution in [1.82, 2.24) is 5.32 Å². The molecular formula is C12H17NO5. The zero-order valence-electron chi connectivity index (χ0n) is 10.3. The molecule has 0 bridgehead atoms. The van der Waals surface area contributed by atoms with Crippen molar-refractivity contribution in [3.63, 3.8) is 0 Å². The molecule has 1 aromatic rings. The molecule has 0 amide bonds. The van der Waals surface area contributed by atoms with Crippen molar-refractivity contribution in [2.45, 2.75) is 13.5 Å². The van der Waals surface area contributed by atoms with Crippen LogP contribution in [0, 0.1) is 0 Å². The predicted octanol–water partition coefficient (Wildman–Crippen LogP) is 0.960. The summed E-state index contributed by atoms with van der Waals surface area (Å²) in [5.41, 5.74) is 1.01. The van der Waals surface area contributed by atoms with Gasteiger partial charge in [-0.15, -0.1) is 0 Å². The summed E-state index contributed by atoms with van der Waals surface area (Å²) in [4.78, 5) is 19.2. The van der Waals surface area contributed by atoms with Gasteiger partial charge in [-0.1, -0.05) is 12.1 Å². The normalized spacial score (nSPS) is 9.00. The fourth-order valence-electron chi connectivity index (χ4n) is 1.10. The SMILES string of the molecule is CC(=O)O.COc1cccc(CNCC(=O)O)c1. The molecule has 0 fully saturated rings. The minimum Gasteiger partial charge on any atom is -0.497 e. The van der Waals surface area contributed by atoms with Crippen molar-refractivity contribution in [2.24, 2.45) is 0 Å². The van der Waals surface area contributed by atoms with Crippen LogP contribution in [0.25, 0.3) is 0 Å². The van der Waals surface area contributed by atoms with Crippen LogP contribution in [0.15, 0.2) is 24.3 Å². The Kier molecular flexibility index (Phi) is 7.96. The van der Waals surface area contributed by atoms with Gasteiger partial charge in [-0.2, -0.15) is 0 Å². The number of carboxylic acids is 2. The van der Waals surface area contributed by atoms with E-state index in [1.54, 1.807) is 7.11 Å². The van der Waals surface area contributed by atoms with Gasteiger partial charge in [0.2, 0.25) is 0 Å². The second-order valence-electron chi connectivity index (χ2n) is 3.37. The van der Waals surface area contributed by atoms with Crippen LogP contribution in [0.1, 0.15) is 12.5 Å². The first-order valence-electron chi connectivity index (χ1n) is 5.20. The summed E-state index contributed by atoms with van der Waals surface area (Å²) >= 11 is 0. The summed E-state index contributed by atoms with van der Waals surface area (Å²) in [6, 6.07) is 7.50. The van der Waals surface area contributed by atoms with E-state index in [0.717, 1.165) is 18.2 Å². The van der Waals surface area contributed by atoms with Crippen LogP contribution in [0.2, 0.25) is 0 Å². The molecule has 18 heavy (non-hydrogen) atoms. The van der Waals surface area contributed by atoms with Crippen molar-refractivity contribution < 1.29 is 24.5 Å². The molecule has 0 radical (unpaired) electrons. The Bertz CT molecular complexity index is 388. The van der Waals surface area contributed by atoms with Gasteiger partial charge in [0.1, 0.15) is 5.75 Å². The van der Waals surface area contributed by atoms with Gasteiger partial charge in [-0.3, -0.25) is 9.59 Å². The maximum absolute atomic E-state index is 10.2. The molecule has 1 aromatic carbocycles. The van der Waals surface area contributed by atoms with Gasteiger partial charge in [-0.25, -0.2) is 0 Å². The maximum Gasteiger partial charge on any atom is 0.317 e. The highest BCUT2D eigenvalue weighted by molar-refractivity contribution is 5.69. The Labute approximate surface area is 105 Å². The minimum absolute atomic E-state index is 0.0305. The molecule has 100 valence electrons.